The van der Waals surface area contributed by atoms with Gasteiger partial charge in [0.15, 0.2) is 0 Å². The molecule has 0 fully saturated rings. The number of imidazole rings is 1. The topological polar surface area (TPSA) is 35.9 Å². The zero-order valence-electron chi connectivity index (χ0n) is 21.0. The Morgan fingerprint density at radius 1 is 0.590 bits per heavy atom. The third kappa shape index (κ3) is 3.42. The maximum Gasteiger partial charge on any atom is 0.144 e. The van der Waals surface area contributed by atoms with Gasteiger partial charge in [0.25, 0.3) is 0 Å². The van der Waals surface area contributed by atoms with Gasteiger partial charge >= 0.3 is 0 Å². The molecular weight excluding hydrogens is 478 g/mol. The zero-order chi connectivity index (χ0) is 25.8. The largest absolute Gasteiger partial charge is 0.455 e. The van der Waals surface area contributed by atoms with Gasteiger partial charge in [-0.15, -0.1) is 0 Å². The minimum absolute atomic E-state index is 0.883. The SMILES string of the molecule is c1ccc(-c2cc3ccc4c(c5ccccc5n4-c4ccc(-n5ccnc5-c5ccccc5)cc4)c3o2)cc1. The van der Waals surface area contributed by atoms with Crippen molar-refractivity contribution in [3.8, 4) is 34.1 Å². The van der Waals surface area contributed by atoms with Crippen LogP contribution in [0.5, 0.6) is 0 Å². The summed E-state index contributed by atoms with van der Waals surface area (Å²) in [6, 6.07) is 44.3. The minimum atomic E-state index is 0.883. The molecular formula is C35H23N3O. The Kier molecular flexibility index (Phi) is 4.79. The van der Waals surface area contributed by atoms with E-state index in [2.05, 4.69) is 105 Å². The van der Waals surface area contributed by atoms with Crippen LogP contribution in [0.25, 0.3) is 66.9 Å². The normalized spacial score (nSPS) is 11.6. The standard InChI is InChI=1S/C35H23N3O/c1-3-9-24(10-4-1)32-23-26-15-20-31-33(34(26)39-32)29-13-7-8-14-30(29)38(31)28-18-16-27(17-19-28)37-22-21-36-35(37)25-11-5-2-6-12-25/h1-23H. The van der Waals surface area contributed by atoms with Crippen LogP contribution in [0, 0.1) is 0 Å². The smallest absolute Gasteiger partial charge is 0.144 e. The molecule has 0 saturated heterocycles. The first-order valence-electron chi connectivity index (χ1n) is 13.1. The van der Waals surface area contributed by atoms with Gasteiger partial charge in [-0.1, -0.05) is 78.9 Å². The third-order valence-electron chi connectivity index (χ3n) is 7.44. The van der Waals surface area contributed by atoms with Gasteiger partial charge in [0.1, 0.15) is 17.2 Å². The quantitative estimate of drug-likeness (QED) is 0.241. The van der Waals surface area contributed by atoms with Gasteiger partial charge in [-0.25, -0.2) is 4.98 Å². The van der Waals surface area contributed by atoms with E-state index in [0.29, 0.717) is 0 Å². The molecule has 8 aromatic rings. The lowest BCUT2D eigenvalue weighted by molar-refractivity contribution is 0.635. The second kappa shape index (κ2) is 8.61. The Bertz CT molecular complexity index is 2100. The number of aromatic nitrogens is 3. The van der Waals surface area contributed by atoms with Gasteiger partial charge in [0, 0.05) is 45.7 Å². The van der Waals surface area contributed by atoms with Gasteiger partial charge in [0.2, 0.25) is 0 Å². The van der Waals surface area contributed by atoms with Crippen molar-refractivity contribution in [2.24, 2.45) is 0 Å². The first kappa shape index (κ1) is 21.7. The van der Waals surface area contributed by atoms with E-state index in [1.165, 1.54) is 5.39 Å². The molecule has 0 N–H and O–H groups in total. The molecule has 4 nitrogen and oxygen atoms in total. The molecule has 0 amide bonds. The summed E-state index contributed by atoms with van der Waals surface area (Å²) < 4.78 is 11.0. The van der Waals surface area contributed by atoms with Crippen molar-refractivity contribution in [2.75, 3.05) is 0 Å². The van der Waals surface area contributed by atoms with Crippen LogP contribution in [-0.2, 0) is 0 Å². The van der Waals surface area contributed by atoms with Crippen molar-refractivity contribution in [2.45, 2.75) is 0 Å². The molecule has 39 heavy (non-hydrogen) atoms. The summed E-state index contributed by atoms with van der Waals surface area (Å²) in [4.78, 5) is 4.62. The van der Waals surface area contributed by atoms with E-state index in [1.54, 1.807) is 0 Å². The van der Waals surface area contributed by atoms with Crippen molar-refractivity contribution in [1.82, 2.24) is 14.1 Å². The van der Waals surface area contributed by atoms with Crippen LogP contribution in [0.1, 0.15) is 0 Å². The molecule has 0 unspecified atom stereocenters. The Hall–Kier alpha value is -5.35. The predicted molar refractivity (Wildman–Crippen MR) is 159 cm³/mol. The summed E-state index contributed by atoms with van der Waals surface area (Å²) in [7, 11) is 0. The van der Waals surface area contributed by atoms with Gasteiger partial charge in [-0.2, -0.15) is 0 Å². The fraction of sp³-hybridized carbons (Fsp3) is 0. The van der Waals surface area contributed by atoms with Gasteiger partial charge in [0.05, 0.1) is 16.4 Å². The van der Waals surface area contributed by atoms with E-state index < -0.39 is 0 Å². The first-order chi connectivity index (χ1) is 19.3. The summed E-state index contributed by atoms with van der Waals surface area (Å²) in [6.45, 7) is 0. The Morgan fingerprint density at radius 2 is 1.28 bits per heavy atom. The molecule has 184 valence electrons. The molecule has 8 rings (SSSR count). The third-order valence-corrected chi connectivity index (χ3v) is 7.44. The molecule has 3 aromatic heterocycles. The van der Waals surface area contributed by atoms with Crippen molar-refractivity contribution in [3.63, 3.8) is 0 Å². The monoisotopic (exact) mass is 501 g/mol. The molecule has 4 heteroatoms. The molecule has 0 spiro atoms. The van der Waals surface area contributed by atoms with Crippen LogP contribution in [0.15, 0.2) is 144 Å². The van der Waals surface area contributed by atoms with Crippen LogP contribution in [-0.4, -0.2) is 14.1 Å². The van der Waals surface area contributed by atoms with Crippen LogP contribution >= 0.6 is 0 Å². The van der Waals surface area contributed by atoms with E-state index in [0.717, 1.165) is 61.5 Å². The second-order valence-electron chi connectivity index (χ2n) is 9.71. The number of para-hydroxylation sites is 1. The van der Waals surface area contributed by atoms with E-state index in [4.69, 9.17) is 4.42 Å². The highest BCUT2D eigenvalue weighted by molar-refractivity contribution is 6.20. The predicted octanol–water partition coefficient (Wildman–Crippen LogP) is 9.05. The number of furan rings is 1. The number of rotatable bonds is 4. The van der Waals surface area contributed by atoms with Crippen molar-refractivity contribution in [1.29, 1.82) is 0 Å². The van der Waals surface area contributed by atoms with Crippen molar-refractivity contribution < 1.29 is 4.42 Å². The molecule has 0 aliphatic carbocycles. The Morgan fingerprint density at radius 3 is 2.08 bits per heavy atom. The second-order valence-corrected chi connectivity index (χ2v) is 9.71. The summed E-state index contributed by atoms with van der Waals surface area (Å²) in [5.74, 6) is 1.81. The van der Waals surface area contributed by atoms with E-state index in [-0.39, 0.29) is 0 Å². The van der Waals surface area contributed by atoms with E-state index in [9.17, 15) is 0 Å². The summed E-state index contributed by atoms with van der Waals surface area (Å²) in [5, 5.41) is 3.42. The van der Waals surface area contributed by atoms with Crippen LogP contribution < -0.4 is 0 Å². The van der Waals surface area contributed by atoms with Crippen LogP contribution in [0.4, 0.5) is 0 Å². The summed E-state index contributed by atoms with van der Waals surface area (Å²) in [6.07, 6.45) is 3.86. The number of hydrogen-bond donors (Lipinski definition) is 0. The Balaban J connectivity index is 1.29. The molecule has 0 radical (unpaired) electrons. The highest BCUT2D eigenvalue weighted by Crippen LogP contribution is 2.39. The fourth-order valence-electron chi connectivity index (χ4n) is 5.65. The summed E-state index contributed by atoms with van der Waals surface area (Å²) >= 11 is 0. The molecule has 0 aliphatic rings. The minimum Gasteiger partial charge on any atom is -0.455 e. The Labute approximate surface area is 225 Å². The fourth-order valence-corrected chi connectivity index (χ4v) is 5.65. The maximum absolute atomic E-state index is 6.52. The van der Waals surface area contributed by atoms with Crippen molar-refractivity contribution >= 4 is 32.8 Å². The van der Waals surface area contributed by atoms with E-state index in [1.807, 2.05) is 48.8 Å². The highest BCUT2D eigenvalue weighted by Gasteiger charge is 2.18. The molecule has 5 aromatic carbocycles. The number of nitrogens with zero attached hydrogens (tertiary/aromatic N) is 3. The highest BCUT2D eigenvalue weighted by atomic mass is 16.3. The van der Waals surface area contributed by atoms with E-state index >= 15 is 0 Å². The summed E-state index contributed by atoms with van der Waals surface area (Å²) in [5.41, 5.74) is 7.53. The lowest BCUT2D eigenvalue weighted by atomic mass is 10.1. The van der Waals surface area contributed by atoms with Gasteiger partial charge in [-0.05, 0) is 48.5 Å². The lowest BCUT2D eigenvalue weighted by Crippen LogP contribution is -1.98. The first-order valence-corrected chi connectivity index (χ1v) is 13.1. The van der Waals surface area contributed by atoms with Crippen LogP contribution in [0.2, 0.25) is 0 Å². The van der Waals surface area contributed by atoms with Crippen LogP contribution in [0.3, 0.4) is 0 Å². The number of hydrogen-bond acceptors (Lipinski definition) is 2. The van der Waals surface area contributed by atoms with Crippen molar-refractivity contribution in [3.05, 3.63) is 140 Å². The zero-order valence-corrected chi connectivity index (χ0v) is 21.0. The molecule has 0 atom stereocenters. The molecule has 0 bridgehead atoms. The average molecular weight is 502 g/mol. The average Bonchev–Trinajstić information content (AvgIpc) is 3.74. The number of fused-ring (bicyclic) bond motifs is 5. The number of benzene rings is 5. The molecule has 3 heterocycles. The van der Waals surface area contributed by atoms with Gasteiger partial charge in [-0.3, -0.25) is 4.57 Å². The molecule has 0 saturated carbocycles. The lowest BCUT2D eigenvalue weighted by Gasteiger charge is -2.11. The maximum atomic E-state index is 6.52. The van der Waals surface area contributed by atoms with Gasteiger partial charge < -0.3 is 8.98 Å². The molecule has 0 aliphatic heterocycles.